The first-order chi connectivity index (χ1) is 12.7. The second-order valence-electron chi connectivity index (χ2n) is 8.44. The summed E-state index contributed by atoms with van der Waals surface area (Å²) in [6, 6.07) is 11.4. The Kier molecular flexibility index (Phi) is 10.5. The lowest BCUT2D eigenvalue weighted by molar-refractivity contribution is 0.364. The van der Waals surface area contributed by atoms with E-state index in [1.165, 1.54) is 70.6 Å². The van der Waals surface area contributed by atoms with Gasteiger partial charge in [0.05, 0.1) is 6.04 Å². The van der Waals surface area contributed by atoms with Crippen molar-refractivity contribution < 1.29 is 0 Å². The predicted molar refractivity (Wildman–Crippen MR) is 114 cm³/mol. The maximum atomic E-state index is 3.94. The van der Waals surface area contributed by atoms with Gasteiger partial charge in [-0.05, 0) is 37.3 Å². The third-order valence-corrected chi connectivity index (χ3v) is 5.41. The normalized spacial score (nSPS) is 19.0. The van der Waals surface area contributed by atoms with Crippen LogP contribution in [0.15, 0.2) is 30.3 Å². The van der Waals surface area contributed by atoms with Crippen LogP contribution in [-0.2, 0) is 0 Å². The van der Waals surface area contributed by atoms with E-state index in [4.69, 9.17) is 0 Å². The lowest BCUT2D eigenvalue weighted by Gasteiger charge is -2.24. The third-order valence-electron chi connectivity index (χ3n) is 5.41. The second-order valence-corrected chi connectivity index (χ2v) is 8.44. The summed E-state index contributed by atoms with van der Waals surface area (Å²) in [6.45, 7) is 4.61. The fourth-order valence-electron chi connectivity index (χ4n) is 3.95. The Hall–Kier alpha value is -1.26. The van der Waals surface area contributed by atoms with Crippen molar-refractivity contribution >= 4 is 0 Å². The molecule has 0 heterocycles. The molecule has 0 aliphatic heterocycles. The molecule has 1 N–H and O–H groups in total. The zero-order chi connectivity index (χ0) is 18.5. The first-order valence-corrected chi connectivity index (χ1v) is 11.1. The zero-order valence-corrected chi connectivity index (χ0v) is 17.1. The Labute approximate surface area is 162 Å². The van der Waals surface area contributed by atoms with Crippen LogP contribution in [0.4, 0.5) is 0 Å². The van der Waals surface area contributed by atoms with Crippen molar-refractivity contribution in [2.45, 2.75) is 103 Å². The Bertz CT molecular complexity index is 510. The molecule has 1 aromatic rings. The van der Waals surface area contributed by atoms with E-state index >= 15 is 0 Å². The van der Waals surface area contributed by atoms with E-state index in [0.717, 1.165) is 12.0 Å². The second kappa shape index (κ2) is 13.0. The molecule has 144 valence electrons. The molecule has 0 amide bonds. The summed E-state index contributed by atoms with van der Waals surface area (Å²) in [7, 11) is 0. The van der Waals surface area contributed by atoms with Gasteiger partial charge in [-0.3, -0.25) is 0 Å². The van der Waals surface area contributed by atoms with Crippen molar-refractivity contribution in [3.05, 3.63) is 35.9 Å². The van der Waals surface area contributed by atoms with Crippen LogP contribution in [0, 0.1) is 17.8 Å². The van der Waals surface area contributed by atoms with Crippen molar-refractivity contribution in [3.63, 3.8) is 0 Å². The molecule has 0 bridgehead atoms. The lowest BCUT2D eigenvalue weighted by atomic mass is 9.96. The van der Waals surface area contributed by atoms with Crippen LogP contribution in [-0.4, -0.2) is 12.1 Å². The van der Waals surface area contributed by atoms with Gasteiger partial charge in [0.2, 0.25) is 0 Å². The van der Waals surface area contributed by atoms with Gasteiger partial charge in [0.15, 0.2) is 0 Å². The van der Waals surface area contributed by atoms with E-state index < -0.39 is 0 Å². The van der Waals surface area contributed by atoms with E-state index in [1.807, 2.05) is 0 Å². The predicted octanol–water partition coefficient (Wildman–Crippen LogP) is 6.72. The zero-order valence-electron chi connectivity index (χ0n) is 17.1. The van der Waals surface area contributed by atoms with Gasteiger partial charge >= 0.3 is 0 Å². The Morgan fingerprint density at radius 2 is 1.38 bits per heavy atom. The summed E-state index contributed by atoms with van der Waals surface area (Å²) in [5, 5.41) is 3.94. The average molecular weight is 354 g/mol. The quantitative estimate of drug-likeness (QED) is 0.593. The van der Waals surface area contributed by atoms with Crippen LogP contribution >= 0.6 is 0 Å². The van der Waals surface area contributed by atoms with Crippen LogP contribution in [0.1, 0.15) is 96.5 Å². The van der Waals surface area contributed by atoms with Crippen molar-refractivity contribution in [2.75, 3.05) is 0 Å². The largest absolute Gasteiger partial charge is 0.301 e. The third kappa shape index (κ3) is 9.44. The summed E-state index contributed by atoms with van der Waals surface area (Å²) in [5.74, 6) is 7.61. The van der Waals surface area contributed by atoms with Crippen LogP contribution < -0.4 is 5.32 Å². The molecule has 26 heavy (non-hydrogen) atoms. The monoisotopic (exact) mass is 353 g/mol. The Morgan fingerprint density at radius 3 is 1.92 bits per heavy atom. The lowest BCUT2D eigenvalue weighted by Crippen LogP contribution is -2.38. The Balaban J connectivity index is 1.95. The topological polar surface area (TPSA) is 12.0 Å². The first kappa shape index (κ1) is 21.0. The molecule has 1 aliphatic carbocycles. The highest BCUT2D eigenvalue weighted by molar-refractivity contribution is 5.34. The summed E-state index contributed by atoms with van der Waals surface area (Å²) >= 11 is 0. The van der Waals surface area contributed by atoms with E-state index in [0.29, 0.717) is 18.0 Å². The first-order valence-electron chi connectivity index (χ1n) is 11.1. The SMILES string of the molecule is CC(C)CC(C#Cc1ccccc1)NC1CCCCCCCCCCC1. The molecule has 0 radical (unpaired) electrons. The fourth-order valence-corrected chi connectivity index (χ4v) is 3.95. The average Bonchev–Trinajstić information content (AvgIpc) is 2.62. The number of benzene rings is 1. The molecule has 1 atom stereocenters. The summed E-state index contributed by atoms with van der Waals surface area (Å²) < 4.78 is 0. The molecule has 0 spiro atoms. The van der Waals surface area contributed by atoms with Gasteiger partial charge in [-0.15, -0.1) is 0 Å². The van der Waals surface area contributed by atoms with Crippen LogP contribution in [0.25, 0.3) is 0 Å². The summed E-state index contributed by atoms with van der Waals surface area (Å²) in [5.41, 5.74) is 1.13. The molecule has 2 rings (SSSR count). The molecule has 1 aliphatic rings. The van der Waals surface area contributed by atoms with Gasteiger partial charge in [-0.1, -0.05) is 102 Å². The van der Waals surface area contributed by atoms with E-state index in [-0.39, 0.29) is 0 Å². The van der Waals surface area contributed by atoms with Crippen molar-refractivity contribution in [2.24, 2.45) is 5.92 Å². The van der Waals surface area contributed by atoms with E-state index in [2.05, 4.69) is 61.3 Å². The van der Waals surface area contributed by atoms with Crippen LogP contribution in [0.2, 0.25) is 0 Å². The standard InChI is InChI=1S/C25H39N/c1-22(2)21-25(20-19-23-15-11-10-12-16-23)26-24-17-13-8-6-4-3-5-7-9-14-18-24/h10-12,15-16,22,24-26H,3-9,13-14,17-18,21H2,1-2H3. The van der Waals surface area contributed by atoms with Gasteiger partial charge in [0.1, 0.15) is 0 Å². The maximum absolute atomic E-state index is 3.94. The number of nitrogens with one attached hydrogen (secondary N) is 1. The number of hydrogen-bond acceptors (Lipinski definition) is 1. The fraction of sp³-hybridized carbons (Fsp3) is 0.680. The van der Waals surface area contributed by atoms with Crippen molar-refractivity contribution in [1.82, 2.24) is 5.32 Å². The Morgan fingerprint density at radius 1 is 0.846 bits per heavy atom. The smallest absolute Gasteiger partial charge is 0.0697 e. The van der Waals surface area contributed by atoms with Gasteiger partial charge < -0.3 is 5.32 Å². The number of hydrogen-bond donors (Lipinski definition) is 1. The van der Waals surface area contributed by atoms with Crippen molar-refractivity contribution in [1.29, 1.82) is 0 Å². The molecule has 1 fully saturated rings. The van der Waals surface area contributed by atoms with Crippen LogP contribution in [0.5, 0.6) is 0 Å². The maximum Gasteiger partial charge on any atom is 0.0697 e. The molecular weight excluding hydrogens is 314 g/mol. The molecule has 1 heteroatoms. The molecule has 0 saturated heterocycles. The highest BCUT2D eigenvalue weighted by Crippen LogP contribution is 2.18. The highest BCUT2D eigenvalue weighted by Gasteiger charge is 2.15. The van der Waals surface area contributed by atoms with Crippen molar-refractivity contribution in [3.8, 4) is 11.8 Å². The molecular formula is C25H39N. The van der Waals surface area contributed by atoms with E-state index in [9.17, 15) is 0 Å². The highest BCUT2D eigenvalue weighted by atomic mass is 14.9. The molecule has 1 saturated carbocycles. The molecule has 1 nitrogen and oxygen atoms in total. The minimum atomic E-state index is 0.313. The van der Waals surface area contributed by atoms with E-state index in [1.54, 1.807) is 0 Å². The van der Waals surface area contributed by atoms with Crippen LogP contribution in [0.3, 0.4) is 0 Å². The molecule has 1 aromatic carbocycles. The minimum absolute atomic E-state index is 0.313. The van der Waals surface area contributed by atoms with Gasteiger partial charge in [-0.25, -0.2) is 0 Å². The van der Waals surface area contributed by atoms with Gasteiger partial charge in [0, 0.05) is 11.6 Å². The number of rotatable bonds is 4. The molecule has 0 aromatic heterocycles. The minimum Gasteiger partial charge on any atom is -0.301 e. The van der Waals surface area contributed by atoms with Gasteiger partial charge in [-0.2, -0.15) is 0 Å². The summed E-state index contributed by atoms with van der Waals surface area (Å²) in [6.07, 6.45) is 16.5. The molecule has 1 unspecified atom stereocenters. The summed E-state index contributed by atoms with van der Waals surface area (Å²) in [4.78, 5) is 0. The van der Waals surface area contributed by atoms with Gasteiger partial charge in [0.25, 0.3) is 0 Å².